The molecule has 4 unspecified atom stereocenters. The third-order valence-corrected chi connectivity index (χ3v) is 13.1. The molecule has 0 aromatic carbocycles. The summed E-state index contributed by atoms with van der Waals surface area (Å²) in [6, 6.07) is -0.820. The highest BCUT2D eigenvalue weighted by Crippen LogP contribution is 2.30. The molecular formula is C49H95NO13. The Kier molecular flexibility index (Phi) is 34.2. The molecule has 63 heavy (non-hydrogen) atoms. The maximum Gasteiger partial charge on any atom is 0.220 e. The lowest BCUT2D eigenvalue weighted by atomic mass is 9.97. The second kappa shape index (κ2) is 37.0. The lowest BCUT2D eigenvalue weighted by Gasteiger charge is -2.46. The molecule has 374 valence electrons. The van der Waals surface area contributed by atoms with Gasteiger partial charge in [0, 0.05) is 6.42 Å². The van der Waals surface area contributed by atoms with Gasteiger partial charge in [-0.25, -0.2) is 0 Å². The highest BCUT2D eigenvalue weighted by molar-refractivity contribution is 5.76. The van der Waals surface area contributed by atoms with Gasteiger partial charge in [0.05, 0.1) is 32.0 Å². The molecule has 0 radical (unpaired) electrons. The van der Waals surface area contributed by atoms with Crippen LogP contribution >= 0.6 is 0 Å². The van der Waals surface area contributed by atoms with Crippen molar-refractivity contribution in [1.29, 1.82) is 0 Å². The van der Waals surface area contributed by atoms with Gasteiger partial charge >= 0.3 is 0 Å². The molecule has 0 aliphatic carbocycles. The van der Waals surface area contributed by atoms with Crippen molar-refractivity contribution in [3.8, 4) is 0 Å². The van der Waals surface area contributed by atoms with Gasteiger partial charge in [0.15, 0.2) is 12.6 Å². The molecule has 0 aromatic rings. The smallest absolute Gasteiger partial charge is 0.220 e. The average Bonchev–Trinajstić information content (AvgIpc) is 3.28. The van der Waals surface area contributed by atoms with Crippen LogP contribution in [-0.2, 0) is 23.7 Å². The van der Waals surface area contributed by atoms with Crippen LogP contribution in [0.5, 0.6) is 0 Å². The molecule has 2 aliphatic rings. The number of nitrogens with one attached hydrogen (secondary N) is 1. The Hall–Kier alpha value is -1.01. The second-order valence-corrected chi connectivity index (χ2v) is 18.7. The Labute approximate surface area is 381 Å². The molecule has 2 fully saturated rings. The van der Waals surface area contributed by atoms with Crippen molar-refractivity contribution in [3.63, 3.8) is 0 Å². The fourth-order valence-corrected chi connectivity index (χ4v) is 8.83. The highest BCUT2D eigenvalue weighted by atomic mass is 16.7. The number of carbonyl (C=O) groups excluding carboxylic acids is 1. The van der Waals surface area contributed by atoms with E-state index < -0.39 is 86.8 Å². The minimum Gasteiger partial charge on any atom is -0.394 e. The maximum atomic E-state index is 13.2. The van der Waals surface area contributed by atoms with Crippen molar-refractivity contribution in [3.05, 3.63) is 0 Å². The van der Waals surface area contributed by atoms with Gasteiger partial charge in [-0.3, -0.25) is 4.79 Å². The quantitative estimate of drug-likeness (QED) is 0.0296. The number of aliphatic hydroxyl groups is 8. The lowest BCUT2D eigenvalue weighted by molar-refractivity contribution is -0.359. The third kappa shape index (κ3) is 24.5. The zero-order valence-corrected chi connectivity index (χ0v) is 39.6. The molecule has 2 rings (SSSR count). The topological polar surface area (TPSA) is 228 Å². The molecule has 2 saturated heterocycles. The summed E-state index contributed by atoms with van der Waals surface area (Å²) in [5.41, 5.74) is 0. The van der Waals surface area contributed by atoms with E-state index in [1.165, 1.54) is 135 Å². The van der Waals surface area contributed by atoms with Gasteiger partial charge in [-0.2, -0.15) is 0 Å². The van der Waals surface area contributed by atoms with E-state index in [4.69, 9.17) is 18.9 Å². The summed E-state index contributed by atoms with van der Waals surface area (Å²) in [7, 11) is 0. The number of carbonyl (C=O) groups is 1. The monoisotopic (exact) mass is 906 g/mol. The maximum absolute atomic E-state index is 13.2. The van der Waals surface area contributed by atoms with E-state index in [1.807, 2.05) is 0 Å². The van der Waals surface area contributed by atoms with Crippen LogP contribution in [-0.4, -0.2) is 140 Å². The summed E-state index contributed by atoms with van der Waals surface area (Å²) >= 11 is 0. The van der Waals surface area contributed by atoms with Crippen molar-refractivity contribution < 1.29 is 64.6 Å². The van der Waals surface area contributed by atoms with Gasteiger partial charge in [0.1, 0.15) is 48.8 Å². The number of hydrogen-bond acceptors (Lipinski definition) is 13. The summed E-state index contributed by atoms with van der Waals surface area (Å²) in [6.07, 6.45) is 19.5. The van der Waals surface area contributed by atoms with E-state index in [0.717, 1.165) is 51.4 Å². The minimum absolute atomic E-state index is 0.204. The molecule has 12 atom stereocenters. The number of aliphatic hydroxyl groups excluding tert-OH is 8. The van der Waals surface area contributed by atoms with Crippen LogP contribution in [0.25, 0.3) is 0 Å². The van der Waals surface area contributed by atoms with Crippen LogP contribution in [0.4, 0.5) is 0 Å². The minimum atomic E-state index is -1.78. The number of rotatable bonds is 40. The van der Waals surface area contributed by atoms with Gasteiger partial charge in [-0.15, -0.1) is 0 Å². The Morgan fingerprint density at radius 1 is 0.508 bits per heavy atom. The Morgan fingerprint density at radius 3 is 1.35 bits per heavy atom. The number of hydrogen-bond donors (Lipinski definition) is 9. The second-order valence-electron chi connectivity index (χ2n) is 18.7. The molecule has 14 heteroatoms. The molecule has 1 amide bonds. The van der Waals surface area contributed by atoms with Gasteiger partial charge in [-0.1, -0.05) is 194 Å². The third-order valence-electron chi connectivity index (χ3n) is 13.1. The largest absolute Gasteiger partial charge is 0.394 e. The van der Waals surface area contributed by atoms with Crippen LogP contribution in [0, 0.1) is 0 Å². The van der Waals surface area contributed by atoms with Gasteiger partial charge in [-0.05, 0) is 12.8 Å². The zero-order valence-electron chi connectivity index (χ0n) is 39.6. The van der Waals surface area contributed by atoms with Crippen molar-refractivity contribution in [2.75, 3.05) is 19.8 Å². The Bertz CT molecular complexity index is 1070. The molecule has 0 spiro atoms. The van der Waals surface area contributed by atoms with E-state index in [1.54, 1.807) is 0 Å². The summed E-state index contributed by atoms with van der Waals surface area (Å²) in [5.74, 6) is -0.204. The summed E-state index contributed by atoms with van der Waals surface area (Å²) in [4.78, 5) is 13.2. The first-order valence-corrected chi connectivity index (χ1v) is 25.8. The van der Waals surface area contributed by atoms with Crippen LogP contribution < -0.4 is 5.32 Å². The van der Waals surface area contributed by atoms with Crippen molar-refractivity contribution in [2.24, 2.45) is 0 Å². The summed E-state index contributed by atoms with van der Waals surface area (Å²) < 4.78 is 22.7. The predicted molar refractivity (Wildman–Crippen MR) is 245 cm³/mol. The molecule has 0 bridgehead atoms. The summed E-state index contributed by atoms with van der Waals surface area (Å²) in [5, 5.41) is 86.9. The number of unbranched alkanes of at least 4 members (excludes halogenated alkanes) is 27. The number of amides is 1. The summed E-state index contributed by atoms with van der Waals surface area (Å²) in [6.45, 7) is 2.86. The predicted octanol–water partition coefficient (Wildman–Crippen LogP) is 6.61. The first-order valence-electron chi connectivity index (χ1n) is 25.8. The van der Waals surface area contributed by atoms with E-state index in [-0.39, 0.29) is 12.5 Å². The van der Waals surface area contributed by atoms with Crippen LogP contribution in [0.2, 0.25) is 0 Å². The Morgan fingerprint density at radius 2 is 0.905 bits per heavy atom. The van der Waals surface area contributed by atoms with E-state index in [9.17, 15) is 45.6 Å². The van der Waals surface area contributed by atoms with Crippen molar-refractivity contribution in [2.45, 2.75) is 286 Å². The molecule has 9 N–H and O–H groups in total. The van der Waals surface area contributed by atoms with E-state index in [2.05, 4.69) is 19.2 Å². The van der Waals surface area contributed by atoms with Crippen LogP contribution in [0.3, 0.4) is 0 Å². The molecule has 14 nitrogen and oxygen atoms in total. The Balaban J connectivity index is 1.83. The average molecular weight is 906 g/mol. The normalized spacial score (nSPS) is 27.4. The molecule has 2 heterocycles. The van der Waals surface area contributed by atoms with Gasteiger partial charge in [0.2, 0.25) is 5.91 Å². The first-order chi connectivity index (χ1) is 30.6. The number of ether oxygens (including phenoxy) is 4. The SMILES string of the molecule is CCCCCCCCCCCCCCCCC[C@@H](O)[C@H](CO[C@@H]1O[C@H](CO)[C@@H](O[C@@H]2O[C@H](CO)[C@H](O)C(O)C2O)C(O)C1O)NC(=O)CCCCCCCCCCCCCCCC. The van der Waals surface area contributed by atoms with E-state index >= 15 is 0 Å². The van der Waals surface area contributed by atoms with Crippen LogP contribution in [0.1, 0.15) is 213 Å². The lowest BCUT2D eigenvalue weighted by Crippen LogP contribution is -2.65. The van der Waals surface area contributed by atoms with Crippen molar-refractivity contribution >= 4 is 5.91 Å². The fourth-order valence-electron chi connectivity index (χ4n) is 8.83. The van der Waals surface area contributed by atoms with Gasteiger partial charge < -0.3 is 65.1 Å². The standard InChI is InChI=1S/C49H95NO13/c1-3-5-7-9-11-13-15-17-19-20-22-24-26-28-30-32-38(53)37(50-41(54)33-31-29-27-25-23-21-18-16-14-12-10-8-6-4-2)36-60-48-46(59)44(57)47(40(35-52)62-48)63-49-45(58)43(56)42(55)39(34-51)61-49/h37-40,42-49,51-53,55-59H,3-36H2,1-2H3,(H,50,54)/t37-,38+,39+,40+,42-,43?,44?,45?,46?,47+,48+,49-/m0/s1. The molecule has 0 saturated carbocycles. The molecule has 2 aliphatic heterocycles. The highest BCUT2D eigenvalue weighted by Gasteiger charge is 2.51. The first kappa shape index (κ1) is 58.1. The zero-order chi connectivity index (χ0) is 46.1. The molecule has 0 aromatic heterocycles. The van der Waals surface area contributed by atoms with Crippen molar-refractivity contribution in [1.82, 2.24) is 5.32 Å². The van der Waals surface area contributed by atoms with Crippen LogP contribution in [0.15, 0.2) is 0 Å². The van der Waals surface area contributed by atoms with Gasteiger partial charge in [0.25, 0.3) is 0 Å². The fraction of sp³-hybridized carbons (Fsp3) is 0.980. The van der Waals surface area contributed by atoms with E-state index in [0.29, 0.717) is 12.8 Å². The molecular weight excluding hydrogens is 811 g/mol.